The molecule has 1 fully saturated rings. The van der Waals surface area contributed by atoms with E-state index in [0.29, 0.717) is 43.5 Å². The van der Waals surface area contributed by atoms with Crippen LogP contribution in [0, 0.1) is 0 Å². The Hall–Kier alpha value is -2.97. The van der Waals surface area contributed by atoms with Crippen molar-refractivity contribution in [2.24, 2.45) is 0 Å². The minimum absolute atomic E-state index is 0.0164. The lowest BCUT2D eigenvalue weighted by molar-refractivity contribution is -0.137. The number of anilines is 1. The molecule has 0 atom stereocenters. The van der Waals surface area contributed by atoms with Gasteiger partial charge < -0.3 is 19.3 Å². The van der Waals surface area contributed by atoms with E-state index in [2.05, 4.69) is 4.98 Å². The van der Waals surface area contributed by atoms with Crippen molar-refractivity contribution in [1.82, 2.24) is 9.88 Å². The van der Waals surface area contributed by atoms with Gasteiger partial charge in [-0.25, -0.2) is 4.98 Å². The summed E-state index contributed by atoms with van der Waals surface area (Å²) < 4.78 is 48.4. The fraction of sp³-hybridized carbons (Fsp3) is 0.400. The Bertz CT molecular complexity index is 848. The van der Waals surface area contributed by atoms with Crippen LogP contribution >= 0.6 is 0 Å². The number of pyridine rings is 1. The smallest absolute Gasteiger partial charge is 0.417 e. The standard InChI is InChI=1S/C20H22F3N3O3/c1-28-16-5-3-14(11-17(16)29-2)12-19(27)26-9-7-25(8-10-26)18-6-4-15(13-24-18)20(21,22)23/h3-6,11,13H,7-10,12H2,1-2H3. The number of ether oxygens (including phenoxy) is 2. The van der Waals surface area contributed by atoms with E-state index in [1.807, 2.05) is 11.0 Å². The van der Waals surface area contributed by atoms with Crippen LogP contribution in [0.2, 0.25) is 0 Å². The maximum atomic E-state index is 12.7. The van der Waals surface area contributed by atoms with Gasteiger partial charge in [-0.1, -0.05) is 6.07 Å². The zero-order valence-electron chi connectivity index (χ0n) is 16.2. The van der Waals surface area contributed by atoms with E-state index in [-0.39, 0.29) is 12.3 Å². The Labute approximate surface area is 166 Å². The number of aromatic nitrogens is 1. The summed E-state index contributed by atoms with van der Waals surface area (Å²) in [6.07, 6.45) is -3.33. The molecule has 1 aliphatic heterocycles. The molecule has 0 radical (unpaired) electrons. The lowest BCUT2D eigenvalue weighted by Gasteiger charge is -2.35. The predicted octanol–water partition coefficient (Wildman–Crippen LogP) is 3.01. The topological polar surface area (TPSA) is 54.9 Å². The number of benzene rings is 1. The molecule has 1 aromatic carbocycles. The van der Waals surface area contributed by atoms with Crippen LogP contribution in [-0.2, 0) is 17.4 Å². The van der Waals surface area contributed by atoms with Gasteiger partial charge in [-0.2, -0.15) is 13.2 Å². The van der Waals surface area contributed by atoms with Gasteiger partial charge in [0.1, 0.15) is 5.82 Å². The van der Waals surface area contributed by atoms with Crippen molar-refractivity contribution in [2.75, 3.05) is 45.3 Å². The SMILES string of the molecule is COc1ccc(CC(=O)N2CCN(c3ccc(C(F)(F)F)cn3)CC2)cc1OC. The number of hydrogen-bond donors (Lipinski definition) is 0. The van der Waals surface area contributed by atoms with Crippen molar-refractivity contribution < 1.29 is 27.4 Å². The number of rotatable bonds is 5. The summed E-state index contributed by atoms with van der Waals surface area (Å²) in [4.78, 5) is 20.2. The number of amides is 1. The number of halogens is 3. The molecule has 9 heteroatoms. The van der Waals surface area contributed by atoms with Crippen LogP contribution < -0.4 is 14.4 Å². The molecule has 1 aromatic heterocycles. The molecule has 0 unspecified atom stereocenters. The summed E-state index contributed by atoms with van der Waals surface area (Å²) in [7, 11) is 3.09. The zero-order valence-corrected chi connectivity index (χ0v) is 16.2. The van der Waals surface area contributed by atoms with E-state index in [4.69, 9.17) is 9.47 Å². The monoisotopic (exact) mass is 409 g/mol. The van der Waals surface area contributed by atoms with Gasteiger partial charge in [0.15, 0.2) is 11.5 Å². The van der Waals surface area contributed by atoms with E-state index in [1.165, 1.54) is 13.2 Å². The van der Waals surface area contributed by atoms with Crippen LogP contribution in [0.1, 0.15) is 11.1 Å². The summed E-state index contributed by atoms with van der Waals surface area (Å²) in [5, 5.41) is 0. The lowest BCUT2D eigenvalue weighted by Crippen LogP contribution is -2.49. The van der Waals surface area contributed by atoms with Gasteiger partial charge in [0.2, 0.25) is 5.91 Å². The number of alkyl halides is 3. The Kier molecular flexibility index (Phi) is 6.14. The van der Waals surface area contributed by atoms with E-state index < -0.39 is 11.7 Å². The Morgan fingerprint density at radius 2 is 1.72 bits per heavy atom. The molecular weight excluding hydrogens is 387 g/mol. The highest BCUT2D eigenvalue weighted by Crippen LogP contribution is 2.30. The molecule has 2 aromatic rings. The number of methoxy groups -OCH3 is 2. The number of carbonyl (C=O) groups excluding carboxylic acids is 1. The Morgan fingerprint density at radius 3 is 2.28 bits per heavy atom. The average molecular weight is 409 g/mol. The van der Waals surface area contributed by atoms with Crippen molar-refractivity contribution in [3.63, 3.8) is 0 Å². The molecule has 3 rings (SSSR count). The Morgan fingerprint density at radius 1 is 1.03 bits per heavy atom. The summed E-state index contributed by atoms with van der Waals surface area (Å²) >= 11 is 0. The molecule has 29 heavy (non-hydrogen) atoms. The van der Waals surface area contributed by atoms with Gasteiger partial charge >= 0.3 is 6.18 Å². The van der Waals surface area contributed by atoms with Crippen LogP contribution in [0.25, 0.3) is 0 Å². The number of nitrogens with zero attached hydrogens (tertiary/aromatic N) is 3. The van der Waals surface area contributed by atoms with Crippen LogP contribution in [0.15, 0.2) is 36.5 Å². The molecule has 156 valence electrons. The number of piperazine rings is 1. The largest absolute Gasteiger partial charge is 0.493 e. The molecule has 2 heterocycles. The molecule has 0 saturated carbocycles. The van der Waals surface area contributed by atoms with E-state index in [9.17, 15) is 18.0 Å². The van der Waals surface area contributed by atoms with Gasteiger partial charge in [-0.05, 0) is 29.8 Å². The highest BCUT2D eigenvalue weighted by molar-refractivity contribution is 5.79. The summed E-state index contributed by atoms with van der Waals surface area (Å²) in [6, 6.07) is 7.75. The number of carbonyl (C=O) groups is 1. The maximum absolute atomic E-state index is 12.7. The van der Waals surface area contributed by atoms with Crippen molar-refractivity contribution >= 4 is 11.7 Å². The van der Waals surface area contributed by atoms with Crippen LogP contribution in [0.5, 0.6) is 11.5 Å². The highest BCUT2D eigenvalue weighted by Gasteiger charge is 2.31. The minimum Gasteiger partial charge on any atom is -0.493 e. The quantitative estimate of drug-likeness (QED) is 0.760. The molecule has 1 aliphatic rings. The third kappa shape index (κ3) is 4.90. The molecule has 0 N–H and O–H groups in total. The van der Waals surface area contributed by atoms with Crippen molar-refractivity contribution in [3.05, 3.63) is 47.7 Å². The predicted molar refractivity (Wildman–Crippen MR) is 101 cm³/mol. The van der Waals surface area contributed by atoms with Crippen molar-refractivity contribution in [1.29, 1.82) is 0 Å². The van der Waals surface area contributed by atoms with Crippen LogP contribution in [0.3, 0.4) is 0 Å². The summed E-state index contributed by atoms with van der Waals surface area (Å²) in [6.45, 7) is 1.98. The van der Waals surface area contributed by atoms with Crippen LogP contribution in [0.4, 0.5) is 19.0 Å². The van der Waals surface area contributed by atoms with Gasteiger partial charge in [-0.3, -0.25) is 4.79 Å². The van der Waals surface area contributed by atoms with Crippen LogP contribution in [-0.4, -0.2) is 56.2 Å². The molecule has 1 saturated heterocycles. The first kappa shape index (κ1) is 20.8. The van der Waals surface area contributed by atoms with Crippen molar-refractivity contribution in [3.8, 4) is 11.5 Å². The zero-order chi connectivity index (χ0) is 21.0. The van der Waals surface area contributed by atoms with Gasteiger partial charge in [-0.15, -0.1) is 0 Å². The highest BCUT2D eigenvalue weighted by atomic mass is 19.4. The third-order valence-corrected chi connectivity index (χ3v) is 4.83. The lowest BCUT2D eigenvalue weighted by atomic mass is 10.1. The molecule has 0 bridgehead atoms. The van der Waals surface area contributed by atoms with Gasteiger partial charge in [0.05, 0.1) is 26.2 Å². The van der Waals surface area contributed by atoms with Gasteiger partial charge in [0, 0.05) is 32.4 Å². The molecule has 1 amide bonds. The first-order chi connectivity index (χ1) is 13.8. The summed E-state index contributed by atoms with van der Waals surface area (Å²) in [5.74, 6) is 1.62. The minimum atomic E-state index is -4.40. The third-order valence-electron chi connectivity index (χ3n) is 4.83. The first-order valence-electron chi connectivity index (χ1n) is 9.08. The normalized spacial score (nSPS) is 14.7. The number of hydrogen-bond acceptors (Lipinski definition) is 5. The molecular formula is C20H22F3N3O3. The second kappa shape index (κ2) is 8.59. The average Bonchev–Trinajstić information content (AvgIpc) is 2.73. The molecule has 0 spiro atoms. The Balaban J connectivity index is 1.57. The van der Waals surface area contributed by atoms with Crippen molar-refractivity contribution in [2.45, 2.75) is 12.6 Å². The van der Waals surface area contributed by atoms with Gasteiger partial charge in [0.25, 0.3) is 0 Å². The van der Waals surface area contributed by atoms with E-state index in [0.717, 1.165) is 17.8 Å². The van der Waals surface area contributed by atoms with E-state index in [1.54, 1.807) is 24.1 Å². The second-order valence-corrected chi connectivity index (χ2v) is 6.64. The first-order valence-corrected chi connectivity index (χ1v) is 9.08. The van der Waals surface area contributed by atoms with E-state index >= 15 is 0 Å². The fourth-order valence-corrected chi connectivity index (χ4v) is 3.20. The maximum Gasteiger partial charge on any atom is 0.417 e. The fourth-order valence-electron chi connectivity index (χ4n) is 3.20. The second-order valence-electron chi connectivity index (χ2n) is 6.64. The molecule has 0 aliphatic carbocycles. The summed E-state index contributed by atoms with van der Waals surface area (Å²) in [5.41, 5.74) is 0.0458. The molecule has 6 nitrogen and oxygen atoms in total.